The van der Waals surface area contributed by atoms with Gasteiger partial charge in [0.05, 0.1) is 6.54 Å². The molecule has 3 rings (SSSR count). The number of likely N-dealkylation sites (tertiary alicyclic amines) is 1. The van der Waals surface area contributed by atoms with Crippen LogP contribution >= 0.6 is 0 Å². The van der Waals surface area contributed by atoms with Crippen LogP contribution in [0.4, 0.5) is 6.01 Å². The van der Waals surface area contributed by atoms with Crippen molar-refractivity contribution >= 4 is 11.9 Å². The Morgan fingerprint density at radius 3 is 2.89 bits per heavy atom. The van der Waals surface area contributed by atoms with Crippen LogP contribution in [0.2, 0.25) is 0 Å². The molecule has 7 heteroatoms. The van der Waals surface area contributed by atoms with Crippen LogP contribution in [0, 0.1) is 5.92 Å². The molecular weight excluding hydrogens is 236 g/mol. The van der Waals surface area contributed by atoms with Crippen LogP contribution in [0.15, 0.2) is 4.42 Å². The summed E-state index contributed by atoms with van der Waals surface area (Å²) >= 11 is 0. The average Bonchev–Trinajstić information content (AvgIpc) is 3.05. The van der Waals surface area contributed by atoms with E-state index in [1.165, 1.54) is 0 Å². The summed E-state index contributed by atoms with van der Waals surface area (Å²) in [5, 5.41) is 19.2. The quantitative estimate of drug-likeness (QED) is 0.754. The minimum Gasteiger partial charge on any atom is -0.408 e. The van der Waals surface area contributed by atoms with Gasteiger partial charge in [-0.05, 0) is 12.8 Å². The van der Waals surface area contributed by atoms with Crippen molar-refractivity contribution in [2.24, 2.45) is 5.92 Å². The van der Waals surface area contributed by atoms with Crippen LogP contribution in [0.25, 0.3) is 0 Å². The van der Waals surface area contributed by atoms with Crippen LogP contribution < -0.4 is 5.32 Å². The average molecular weight is 252 g/mol. The van der Waals surface area contributed by atoms with Gasteiger partial charge < -0.3 is 9.52 Å². The fourth-order valence-electron chi connectivity index (χ4n) is 2.06. The van der Waals surface area contributed by atoms with Crippen LogP contribution in [0.3, 0.4) is 0 Å². The number of hydrogen-bond acceptors (Lipinski definition) is 6. The van der Waals surface area contributed by atoms with Crippen molar-refractivity contribution in [3.05, 3.63) is 5.89 Å². The highest BCUT2D eigenvalue weighted by Gasteiger charge is 2.30. The molecule has 1 amide bonds. The Kier molecular flexibility index (Phi) is 3.00. The third-order valence-electron chi connectivity index (χ3n) is 3.27. The van der Waals surface area contributed by atoms with Crippen LogP contribution in [-0.4, -0.2) is 52.4 Å². The summed E-state index contributed by atoms with van der Waals surface area (Å²) < 4.78 is 5.34. The molecular formula is C11H16N4O3. The number of rotatable bonds is 5. The molecule has 0 atom stereocenters. The van der Waals surface area contributed by atoms with Gasteiger partial charge in [-0.15, -0.1) is 5.10 Å². The Bertz CT molecular complexity index is 437. The highest BCUT2D eigenvalue weighted by atomic mass is 16.4. The number of aromatic nitrogens is 2. The zero-order valence-electron chi connectivity index (χ0n) is 10.0. The second kappa shape index (κ2) is 4.66. The van der Waals surface area contributed by atoms with Gasteiger partial charge >= 0.3 is 6.01 Å². The lowest BCUT2D eigenvalue weighted by molar-refractivity contribution is -0.119. The summed E-state index contributed by atoms with van der Waals surface area (Å²) in [5.74, 6) is 1.17. The van der Waals surface area contributed by atoms with Crippen molar-refractivity contribution in [2.75, 3.05) is 31.6 Å². The lowest BCUT2D eigenvalue weighted by atomic mass is 10.0. The molecule has 18 heavy (non-hydrogen) atoms. The van der Waals surface area contributed by atoms with E-state index < -0.39 is 0 Å². The highest BCUT2D eigenvalue weighted by Crippen LogP contribution is 2.39. The van der Waals surface area contributed by atoms with Crippen LogP contribution in [-0.2, 0) is 4.79 Å². The lowest BCUT2D eigenvalue weighted by Gasteiger charge is -2.37. The smallest absolute Gasteiger partial charge is 0.322 e. The first-order chi connectivity index (χ1) is 8.74. The van der Waals surface area contributed by atoms with Gasteiger partial charge in [-0.3, -0.25) is 15.0 Å². The zero-order chi connectivity index (χ0) is 12.5. The SMILES string of the molecule is O=C(CN1CC(CO)C1)Nc1nnc(C2CC2)o1. The molecule has 1 saturated heterocycles. The van der Waals surface area contributed by atoms with E-state index in [2.05, 4.69) is 15.5 Å². The van der Waals surface area contributed by atoms with Gasteiger partial charge in [0.1, 0.15) is 0 Å². The fraction of sp³-hybridized carbons (Fsp3) is 0.727. The van der Waals surface area contributed by atoms with E-state index in [0.29, 0.717) is 24.3 Å². The Labute approximate surface area is 104 Å². The number of nitrogens with one attached hydrogen (secondary N) is 1. The van der Waals surface area contributed by atoms with E-state index in [9.17, 15) is 4.79 Å². The minimum absolute atomic E-state index is 0.155. The normalized spacial score (nSPS) is 20.7. The predicted octanol–water partition coefficient (Wildman–Crippen LogP) is -0.190. The predicted molar refractivity (Wildman–Crippen MR) is 61.9 cm³/mol. The Morgan fingerprint density at radius 1 is 1.44 bits per heavy atom. The van der Waals surface area contributed by atoms with Gasteiger partial charge in [0.25, 0.3) is 0 Å². The van der Waals surface area contributed by atoms with Crippen LogP contribution in [0.1, 0.15) is 24.7 Å². The molecule has 1 saturated carbocycles. The molecule has 1 aliphatic heterocycles. The summed E-state index contributed by atoms with van der Waals surface area (Å²) in [6.07, 6.45) is 2.18. The third kappa shape index (κ3) is 2.51. The molecule has 98 valence electrons. The van der Waals surface area contributed by atoms with Crippen molar-refractivity contribution < 1.29 is 14.3 Å². The second-order valence-corrected chi connectivity index (χ2v) is 5.01. The van der Waals surface area contributed by atoms with Gasteiger partial charge in [0.2, 0.25) is 11.8 Å². The van der Waals surface area contributed by atoms with Crippen molar-refractivity contribution in [2.45, 2.75) is 18.8 Å². The van der Waals surface area contributed by atoms with Crippen molar-refractivity contribution in [1.29, 1.82) is 0 Å². The standard InChI is InChI=1S/C11H16N4O3/c16-6-7-3-15(4-7)5-9(17)12-11-14-13-10(18-11)8-1-2-8/h7-8,16H,1-6H2,(H,12,14,17). The van der Waals surface area contributed by atoms with E-state index in [-0.39, 0.29) is 18.5 Å². The van der Waals surface area contributed by atoms with E-state index in [1.807, 2.05) is 4.90 Å². The van der Waals surface area contributed by atoms with E-state index in [4.69, 9.17) is 9.52 Å². The second-order valence-electron chi connectivity index (χ2n) is 5.01. The lowest BCUT2D eigenvalue weighted by Crippen LogP contribution is -2.51. The third-order valence-corrected chi connectivity index (χ3v) is 3.27. The first-order valence-corrected chi connectivity index (χ1v) is 6.21. The molecule has 0 bridgehead atoms. The van der Waals surface area contributed by atoms with Gasteiger partial charge in [-0.25, -0.2) is 0 Å². The topological polar surface area (TPSA) is 91.5 Å². The number of hydrogen-bond donors (Lipinski definition) is 2. The number of nitrogens with zero attached hydrogens (tertiary/aromatic N) is 3. The maximum absolute atomic E-state index is 11.7. The maximum Gasteiger partial charge on any atom is 0.322 e. The maximum atomic E-state index is 11.7. The Morgan fingerprint density at radius 2 is 2.22 bits per heavy atom. The van der Waals surface area contributed by atoms with Crippen molar-refractivity contribution in [1.82, 2.24) is 15.1 Å². The van der Waals surface area contributed by atoms with Crippen LogP contribution in [0.5, 0.6) is 0 Å². The molecule has 2 fully saturated rings. The molecule has 0 unspecified atom stereocenters. The number of amides is 1. The van der Waals surface area contributed by atoms with E-state index >= 15 is 0 Å². The Hall–Kier alpha value is -1.47. The van der Waals surface area contributed by atoms with Gasteiger partial charge in [-0.2, -0.15) is 0 Å². The zero-order valence-corrected chi connectivity index (χ0v) is 10.0. The molecule has 0 aromatic carbocycles. The number of anilines is 1. The summed E-state index contributed by atoms with van der Waals surface area (Å²) in [7, 11) is 0. The molecule has 1 aromatic heterocycles. The molecule has 2 N–H and O–H groups in total. The van der Waals surface area contributed by atoms with Crippen molar-refractivity contribution in [3.63, 3.8) is 0 Å². The summed E-state index contributed by atoms with van der Waals surface area (Å²) in [5.41, 5.74) is 0. The van der Waals surface area contributed by atoms with E-state index in [0.717, 1.165) is 25.9 Å². The molecule has 2 heterocycles. The highest BCUT2D eigenvalue weighted by molar-refractivity contribution is 5.90. The van der Waals surface area contributed by atoms with Gasteiger partial charge in [-0.1, -0.05) is 5.10 Å². The molecule has 0 spiro atoms. The summed E-state index contributed by atoms with van der Waals surface area (Å²) in [6, 6.07) is 0.182. The first kappa shape index (κ1) is 11.6. The number of carbonyl (C=O) groups is 1. The van der Waals surface area contributed by atoms with Gasteiger partial charge in [0.15, 0.2) is 0 Å². The van der Waals surface area contributed by atoms with Crippen molar-refractivity contribution in [3.8, 4) is 0 Å². The summed E-state index contributed by atoms with van der Waals surface area (Å²) in [6.45, 7) is 2.02. The van der Waals surface area contributed by atoms with Gasteiger partial charge in [0, 0.05) is 31.5 Å². The number of carbonyl (C=O) groups excluding carboxylic acids is 1. The monoisotopic (exact) mass is 252 g/mol. The minimum atomic E-state index is -0.155. The van der Waals surface area contributed by atoms with E-state index in [1.54, 1.807) is 0 Å². The Balaban J connectivity index is 1.45. The number of aliphatic hydroxyl groups excluding tert-OH is 1. The molecule has 7 nitrogen and oxygen atoms in total. The molecule has 0 radical (unpaired) electrons. The molecule has 2 aliphatic rings. The largest absolute Gasteiger partial charge is 0.408 e. The first-order valence-electron chi connectivity index (χ1n) is 6.21. The molecule has 1 aromatic rings. The summed E-state index contributed by atoms with van der Waals surface area (Å²) in [4.78, 5) is 13.6. The number of aliphatic hydroxyl groups is 1. The fourth-order valence-corrected chi connectivity index (χ4v) is 2.06. The molecule has 1 aliphatic carbocycles.